The molecule has 1 aromatic carbocycles. The fraction of sp³-hybridized carbons (Fsp3) is 0.550. The molecule has 2 rings (SSSR count). The minimum Gasteiger partial charge on any atom is -0.458 e. The largest absolute Gasteiger partial charge is 0.458 e. The molecular weight excluding hydrogens is 476 g/mol. The van der Waals surface area contributed by atoms with Gasteiger partial charge >= 0.3 is 18.2 Å². The Bertz CT molecular complexity index is 1000. The predicted molar refractivity (Wildman–Crippen MR) is 107 cm³/mol. The Morgan fingerprint density at radius 2 is 1.74 bits per heavy atom. The van der Waals surface area contributed by atoms with E-state index < -0.39 is 70.5 Å². The number of nitrogens with one attached hydrogen (secondary N) is 2. The highest BCUT2D eigenvalue weighted by atomic mass is 19.4. The van der Waals surface area contributed by atoms with Crippen LogP contribution in [0.25, 0.3) is 0 Å². The van der Waals surface area contributed by atoms with Crippen LogP contribution in [0.15, 0.2) is 23.2 Å². The van der Waals surface area contributed by atoms with Gasteiger partial charge in [-0.25, -0.2) is 19.5 Å². The molecule has 14 heteroatoms. The number of aliphatic hydroxyl groups is 1. The number of carbonyl (C=O) groups is 2. The van der Waals surface area contributed by atoms with Gasteiger partial charge in [-0.05, 0) is 52.8 Å². The Balaban J connectivity index is 2.44. The summed E-state index contributed by atoms with van der Waals surface area (Å²) >= 11 is 0. The maximum absolute atomic E-state index is 14.8. The first-order valence-corrected chi connectivity index (χ1v) is 9.71. The normalized spacial score (nSPS) is 22.1. The summed E-state index contributed by atoms with van der Waals surface area (Å²) in [5, 5.41) is 13.2. The van der Waals surface area contributed by atoms with Crippen molar-refractivity contribution in [2.45, 2.75) is 63.5 Å². The summed E-state index contributed by atoms with van der Waals surface area (Å²) in [4.78, 5) is 27.5. The third-order valence-electron chi connectivity index (χ3n) is 4.78. The van der Waals surface area contributed by atoms with E-state index in [-0.39, 0.29) is 6.92 Å². The molecular formula is C20H23F6N3O5. The lowest BCUT2D eigenvalue weighted by atomic mass is 9.85. The molecule has 34 heavy (non-hydrogen) atoms. The summed E-state index contributed by atoms with van der Waals surface area (Å²) in [7, 11) is 0. The van der Waals surface area contributed by atoms with Gasteiger partial charge in [-0.15, -0.1) is 0 Å². The molecule has 0 radical (unpaired) electrons. The maximum atomic E-state index is 14.8. The van der Waals surface area contributed by atoms with Crippen molar-refractivity contribution in [1.29, 1.82) is 0 Å². The van der Waals surface area contributed by atoms with Gasteiger partial charge in [-0.1, -0.05) is 0 Å². The van der Waals surface area contributed by atoms with Gasteiger partial charge < -0.3 is 19.9 Å². The highest BCUT2D eigenvalue weighted by molar-refractivity contribution is 5.97. The van der Waals surface area contributed by atoms with Crippen LogP contribution in [0.1, 0.15) is 40.2 Å². The van der Waals surface area contributed by atoms with E-state index in [1.807, 2.05) is 5.32 Å². The van der Waals surface area contributed by atoms with Gasteiger partial charge in [0.25, 0.3) is 11.9 Å². The first-order chi connectivity index (χ1) is 15.2. The van der Waals surface area contributed by atoms with Crippen molar-refractivity contribution in [1.82, 2.24) is 5.32 Å². The molecule has 0 aromatic heterocycles. The van der Waals surface area contributed by atoms with E-state index in [1.165, 1.54) is 0 Å². The molecule has 0 aliphatic carbocycles. The van der Waals surface area contributed by atoms with Crippen LogP contribution in [-0.4, -0.2) is 53.0 Å². The average Bonchev–Trinajstić information content (AvgIpc) is 2.64. The lowest BCUT2D eigenvalue weighted by Crippen LogP contribution is -2.53. The number of hydrogen-bond donors (Lipinski definition) is 3. The molecule has 0 bridgehead atoms. The number of benzene rings is 1. The number of amidine groups is 1. The molecule has 0 saturated heterocycles. The molecule has 1 aliphatic rings. The van der Waals surface area contributed by atoms with Crippen molar-refractivity contribution in [3.8, 4) is 0 Å². The quantitative estimate of drug-likeness (QED) is 0.548. The summed E-state index contributed by atoms with van der Waals surface area (Å²) in [5.41, 5.74) is -8.81. The fourth-order valence-electron chi connectivity index (χ4n) is 2.69. The molecule has 1 heterocycles. The van der Waals surface area contributed by atoms with E-state index in [1.54, 1.807) is 26.1 Å². The van der Waals surface area contributed by atoms with Crippen molar-refractivity contribution in [2.75, 3.05) is 11.9 Å². The second-order valence-corrected chi connectivity index (χ2v) is 8.83. The zero-order valence-electron chi connectivity index (χ0n) is 18.7. The highest BCUT2D eigenvalue weighted by Gasteiger charge is 2.58. The Morgan fingerprint density at radius 1 is 1.15 bits per heavy atom. The average molecular weight is 499 g/mol. The Hall–Kier alpha value is -3.03. The molecule has 190 valence electrons. The van der Waals surface area contributed by atoms with Gasteiger partial charge in [0.1, 0.15) is 11.4 Å². The molecule has 0 fully saturated rings. The van der Waals surface area contributed by atoms with Gasteiger partial charge in [0.15, 0.2) is 12.1 Å². The van der Waals surface area contributed by atoms with E-state index in [9.17, 15) is 41.0 Å². The Labute approximate surface area is 190 Å². The Kier molecular flexibility index (Phi) is 6.91. The molecule has 2 amide bonds. The van der Waals surface area contributed by atoms with Crippen molar-refractivity contribution >= 4 is 23.7 Å². The summed E-state index contributed by atoms with van der Waals surface area (Å²) in [5.74, 6) is -7.00. The van der Waals surface area contributed by atoms with E-state index >= 15 is 0 Å². The number of anilines is 1. The zero-order valence-corrected chi connectivity index (χ0v) is 18.7. The smallest absolute Gasteiger partial charge is 0.426 e. The summed E-state index contributed by atoms with van der Waals surface area (Å²) in [6, 6.07) is 1.37. The number of carbonyl (C=O) groups excluding carboxylic acids is 2. The van der Waals surface area contributed by atoms with Crippen LogP contribution in [0.2, 0.25) is 0 Å². The fourth-order valence-corrected chi connectivity index (χ4v) is 2.69. The summed E-state index contributed by atoms with van der Waals surface area (Å²) < 4.78 is 92.6. The molecule has 3 N–H and O–H groups in total. The number of hydrogen-bond acceptors (Lipinski definition) is 6. The summed E-state index contributed by atoms with van der Waals surface area (Å²) in [6.07, 6.45) is -6.43. The van der Waals surface area contributed by atoms with Gasteiger partial charge in [0.2, 0.25) is 5.60 Å². The van der Waals surface area contributed by atoms with E-state index in [2.05, 4.69) is 4.99 Å². The SMILES string of the molecule is CC(C)(C)OC(=O)NC1=NC(C)(c2cc(NC(=O)C(C)(O)C(F)(F)F)ccc2F)C(F)(F)CO1. The van der Waals surface area contributed by atoms with E-state index in [0.29, 0.717) is 12.1 Å². The molecule has 2 atom stereocenters. The van der Waals surface area contributed by atoms with Gasteiger partial charge in [-0.2, -0.15) is 22.0 Å². The first-order valence-electron chi connectivity index (χ1n) is 9.71. The minimum atomic E-state index is -5.34. The molecule has 1 aliphatic heterocycles. The second-order valence-electron chi connectivity index (χ2n) is 8.83. The Morgan fingerprint density at radius 3 is 2.26 bits per heavy atom. The highest BCUT2D eigenvalue weighted by Crippen LogP contribution is 2.45. The number of ether oxygens (including phenoxy) is 2. The van der Waals surface area contributed by atoms with Gasteiger partial charge in [-0.3, -0.25) is 4.79 Å². The first kappa shape index (κ1) is 27.2. The van der Waals surface area contributed by atoms with Crippen LogP contribution in [-0.2, 0) is 19.8 Å². The monoisotopic (exact) mass is 499 g/mol. The van der Waals surface area contributed by atoms with Crippen LogP contribution >= 0.6 is 0 Å². The van der Waals surface area contributed by atoms with Gasteiger partial charge in [0.05, 0.1) is 0 Å². The number of nitrogens with zero attached hydrogens (tertiary/aromatic N) is 1. The third kappa shape index (κ3) is 5.54. The standard InChI is InChI=1S/C20H23F6N3O5/c1-16(2,3)34-15(31)28-14-29-17(4,19(22,23)9-33-14)11-8-10(6-7-12(11)21)27-13(30)18(5,32)20(24,25)26/h6-8,32H,9H2,1-5H3,(H,27,30)(H,28,29,31). The van der Waals surface area contributed by atoms with E-state index in [0.717, 1.165) is 13.0 Å². The van der Waals surface area contributed by atoms with Crippen LogP contribution in [0.5, 0.6) is 0 Å². The summed E-state index contributed by atoms with van der Waals surface area (Å²) in [6.45, 7) is 4.29. The number of alkyl carbamates (subject to hydrolysis) is 1. The van der Waals surface area contributed by atoms with Crippen LogP contribution < -0.4 is 10.6 Å². The van der Waals surface area contributed by atoms with Crippen molar-refractivity contribution in [3.63, 3.8) is 0 Å². The second kappa shape index (κ2) is 8.64. The van der Waals surface area contributed by atoms with Crippen LogP contribution in [0.4, 0.5) is 36.8 Å². The lowest BCUT2D eigenvalue weighted by Gasteiger charge is -2.38. The topological polar surface area (TPSA) is 109 Å². The number of halogens is 6. The molecule has 0 saturated carbocycles. The van der Waals surface area contributed by atoms with E-state index in [4.69, 9.17) is 9.47 Å². The number of alkyl halides is 5. The van der Waals surface area contributed by atoms with Crippen molar-refractivity contribution < 1.29 is 50.5 Å². The predicted octanol–water partition coefficient (Wildman–Crippen LogP) is 3.84. The van der Waals surface area contributed by atoms with Crippen LogP contribution in [0, 0.1) is 5.82 Å². The minimum absolute atomic E-state index is 0.194. The molecule has 8 nitrogen and oxygen atoms in total. The molecule has 1 aromatic rings. The number of aliphatic imine (C=N–C) groups is 1. The number of amides is 2. The van der Waals surface area contributed by atoms with Gasteiger partial charge in [0, 0.05) is 11.3 Å². The maximum Gasteiger partial charge on any atom is 0.426 e. The van der Waals surface area contributed by atoms with Crippen molar-refractivity contribution in [2.24, 2.45) is 4.99 Å². The lowest BCUT2D eigenvalue weighted by molar-refractivity contribution is -0.242. The number of rotatable bonds is 3. The van der Waals surface area contributed by atoms with Crippen LogP contribution in [0.3, 0.4) is 0 Å². The molecule has 0 spiro atoms. The molecule has 2 unspecified atom stereocenters. The third-order valence-corrected chi connectivity index (χ3v) is 4.78. The zero-order chi connectivity index (χ0) is 26.3. The van der Waals surface area contributed by atoms with Crippen molar-refractivity contribution in [3.05, 3.63) is 29.6 Å².